The van der Waals surface area contributed by atoms with Crippen molar-refractivity contribution in [2.75, 3.05) is 26.9 Å². The Kier molecular flexibility index (Phi) is 5.48. The number of benzene rings is 1. The average molecular weight is 293 g/mol. The molecule has 0 amide bonds. The van der Waals surface area contributed by atoms with Gasteiger partial charge in [-0.05, 0) is 25.5 Å². The molecule has 4 nitrogen and oxygen atoms in total. The Labute approximate surface area is 127 Å². The highest BCUT2D eigenvalue weighted by atomic mass is 16.5. The molecule has 1 saturated carbocycles. The van der Waals surface area contributed by atoms with Gasteiger partial charge in [0.1, 0.15) is 6.61 Å². The summed E-state index contributed by atoms with van der Waals surface area (Å²) >= 11 is 0. The first-order valence-electron chi connectivity index (χ1n) is 7.70. The van der Waals surface area contributed by atoms with Crippen LogP contribution >= 0.6 is 0 Å². The summed E-state index contributed by atoms with van der Waals surface area (Å²) in [6.45, 7) is 8.82. The maximum absolute atomic E-state index is 5.77. The van der Waals surface area contributed by atoms with Crippen LogP contribution in [-0.2, 0) is 4.74 Å². The van der Waals surface area contributed by atoms with E-state index < -0.39 is 0 Å². The quantitative estimate of drug-likeness (QED) is 0.748. The molecular formula is C17H27NO3. The zero-order valence-electron chi connectivity index (χ0n) is 13.5. The molecule has 0 aliphatic heterocycles. The summed E-state index contributed by atoms with van der Waals surface area (Å²) in [4.78, 5) is 0. The Bertz CT molecular complexity index is 447. The Hall–Kier alpha value is -1.26. The van der Waals surface area contributed by atoms with Gasteiger partial charge in [-0.25, -0.2) is 0 Å². The van der Waals surface area contributed by atoms with Crippen molar-refractivity contribution in [3.8, 4) is 11.5 Å². The second-order valence-electron chi connectivity index (χ2n) is 6.01. The van der Waals surface area contributed by atoms with Crippen LogP contribution in [0.4, 0.5) is 0 Å². The van der Waals surface area contributed by atoms with Gasteiger partial charge in [-0.15, -0.1) is 0 Å². The van der Waals surface area contributed by atoms with Gasteiger partial charge in [0, 0.05) is 24.6 Å². The minimum atomic E-state index is 0.195. The van der Waals surface area contributed by atoms with Crippen LogP contribution in [0.15, 0.2) is 24.3 Å². The summed E-state index contributed by atoms with van der Waals surface area (Å²) in [5, 5.41) is 3.56. The lowest BCUT2D eigenvalue weighted by Crippen LogP contribution is -2.61. The maximum atomic E-state index is 5.77. The Morgan fingerprint density at radius 3 is 2.57 bits per heavy atom. The molecule has 4 heteroatoms. The summed E-state index contributed by atoms with van der Waals surface area (Å²) < 4.78 is 16.8. The van der Waals surface area contributed by atoms with Crippen LogP contribution in [-0.4, -0.2) is 39.0 Å². The third kappa shape index (κ3) is 3.69. The van der Waals surface area contributed by atoms with Crippen molar-refractivity contribution >= 4 is 0 Å². The monoisotopic (exact) mass is 293 g/mol. The van der Waals surface area contributed by atoms with E-state index in [2.05, 4.69) is 26.1 Å². The van der Waals surface area contributed by atoms with Crippen LogP contribution < -0.4 is 14.8 Å². The van der Waals surface area contributed by atoms with Gasteiger partial charge in [-0.3, -0.25) is 0 Å². The number of hydrogen-bond donors (Lipinski definition) is 1. The zero-order valence-corrected chi connectivity index (χ0v) is 13.5. The van der Waals surface area contributed by atoms with Gasteiger partial charge in [0.25, 0.3) is 0 Å². The second kappa shape index (κ2) is 7.14. The average Bonchev–Trinajstić information content (AvgIpc) is 2.49. The Morgan fingerprint density at radius 1 is 1.24 bits per heavy atom. The van der Waals surface area contributed by atoms with Crippen LogP contribution in [0.1, 0.15) is 27.2 Å². The van der Waals surface area contributed by atoms with E-state index in [1.165, 1.54) is 0 Å². The highest BCUT2D eigenvalue weighted by Gasteiger charge is 2.48. The van der Waals surface area contributed by atoms with E-state index in [0.717, 1.165) is 31.1 Å². The molecular weight excluding hydrogens is 266 g/mol. The molecule has 1 aromatic rings. The molecule has 2 rings (SSSR count). The standard InChI is InChI=1S/C17H27NO3/c1-5-20-16-12-15(17(16,2)3)18-10-11-21-14-9-7-6-8-13(14)19-4/h6-9,15-16,18H,5,10-12H2,1-4H3. The normalized spacial score (nSPS) is 23.4. The third-order valence-electron chi connectivity index (χ3n) is 4.37. The summed E-state index contributed by atoms with van der Waals surface area (Å²) in [6, 6.07) is 8.22. The predicted molar refractivity (Wildman–Crippen MR) is 84.1 cm³/mol. The molecule has 0 radical (unpaired) electrons. The lowest BCUT2D eigenvalue weighted by atomic mass is 9.64. The largest absolute Gasteiger partial charge is 0.493 e. The molecule has 1 aliphatic carbocycles. The van der Waals surface area contributed by atoms with E-state index in [0.29, 0.717) is 18.8 Å². The maximum Gasteiger partial charge on any atom is 0.161 e. The van der Waals surface area contributed by atoms with Crippen molar-refractivity contribution in [1.29, 1.82) is 0 Å². The first-order valence-corrected chi connectivity index (χ1v) is 7.70. The van der Waals surface area contributed by atoms with Gasteiger partial charge in [0.15, 0.2) is 11.5 Å². The summed E-state index contributed by atoms with van der Waals surface area (Å²) in [5.41, 5.74) is 0.195. The molecule has 0 heterocycles. The predicted octanol–water partition coefficient (Wildman–Crippen LogP) is 2.87. The number of para-hydroxylation sites is 2. The number of nitrogens with one attached hydrogen (secondary N) is 1. The van der Waals surface area contributed by atoms with E-state index in [9.17, 15) is 0 Å². The number of hydrogen-bond acceptors (Lipinski definition) is 4. The van der Waals surface area contributed by atoms with E-state index in [4.69, 9.17) is 14.2 Å². The lowest BCUT2D eigenvalue weighted by Gasteiger charge is -2.51. The molecule has 21 heavy (non-hydrogen) atoms. The van der Waals surface area contributed by atoms with Crippen LogP contribution in [0.3, 0.4) is 0 Å². The van der Waals surface area contributed by atoms with E-state index >= 15 is 0 Å². The van der Waals surface area contributed by atoms with Gasteiger partial charge in [-0.2, -0.15) is 0 Å². The van der Waals surface area contributed by atoms with Gasteiger partial charge in [0.2, 0.25) is 0 Å². The zero-order chi connectivity index (χ0) is 15.3. The summed E-state index contributed by atoms with van der Waals surface area (Å²) in [6.07, 6.45) is 1.45. The molecule has 0 bridgehead atoms. The fraction of sp³-hybridized carbons (Fsp3) is 0.647. The van der Waals surface area contributed by atoms with Crippen LogP contribution in [0.5, 0.6) is 11.5 Å². The topological polar surface area (TPSA) is 39.7 Å². The van der Waals surface area contributed by atoms with Gasteiger partial charge >= 0.3 is 0 Å². The smallest absolute Gasteiger partial charge is 0.161 e. The van der Waals surface area contributed by atoms with E-state index in [1.807, 2.05) is 24.3 Å². The molecule has 0 saturated heterocycles. The van der Waals surface area contributed by atoms with Gasteiger partial charge in [0.05, 0.1) is 13.2 Å². The van der Waals surface area contributed by atoms with E-state index in [1.54, 1.807) is 7.11 Å². The van der Waals surface area contributed by atoms with Crippen LogP contribution in [0.25, 0.3) is 0 Å². The molecule has 2 unspecified atom stereocenters. The summed E-state index contributed by atoms with van der Waals surface area (Å²) in [7, 11) is 1.66. The molecule has 118 valence electrons. The van der Waals surface area contributed by atoms with Crippen LogP contribution in [0, 0.1) is 5.41 Å². The Balaban J connectivity index is 1.71. The first-order chi connectivity index (χ1) is 10.1. The number of rotatable bonds is 8. The molecule has 2 atom stereocenters. The molecule has 1 aliphatic rings. The van der Waals surface area contributed by atoms with Crippen molar-refractivity contribution in [2.45, 2.75) is 39.3 Å². The fourth-order valence-corrected chi connectivity index (χ4v) is 2.85. The molecule has 1 aromatic carbocycles. The molecule has 1 fully saturated rings. The van der Waals surface area contributed by atoms with Crippen molar-refractivity contribution in [3.05, 3.63) is 24.3 Å². The SMILES string of the molecule is CCOC1CC(NCCOc2ccccc2OC)C1(C)C. The molecule has 1 N–H and O–H groups in total. The van der Waals surface area contributed by atoms with Crippen molar-refractivity contribution in [2.24, 2.45) is 5.41 Å². The minimum absolute atomic E-state index is 0.195. The lowest BCUT2D eigenvalue weighted by molar-refractivity contribution is -0.114. The number of methoxy groups -OCH3 is 1. The number of ether oxygens (including phenoxy) is 3. The highest BCUT2D eigenvalue weighted by molar-refractivity contribution is 5.39. The van der Waals surface area contributed by atoms with Gasteiger partial charge in [-0.1, -0.05) is 26.0 Å². The first kappa shape index (κ1) is 16.1. The second-order valence-corrected chi connectivity index (χ2v) is 6.01. The fourth-order valence-electron chi connectivity index (χ4n) is 2.85. The Morgan fingerprint density at radius 2 is 1.95 bits per heavy atom. The molecule has 0 aromatic heterocycles. The van der Waals surface area contributed by atoms with E-state index in [-0.39, 0.29) is 5.41 Å². The van der Waals surface area contributed by atoms with Crippen LogP contribution in [0.2, 0.25) is 0 Å². The summed E-state index contributed by atoms with van der Waals surface area (Å²) in [5.74, 6) is 1.57. The van der Waals surface area contributed by atoms with Crippen molar-refractivity contribution in [3.63, 3.8) is 0 Å². The van der Waals surface area contributed by atoms with Crippen molar-refractivity contribution in [1.82, 2.24) is 5.32 Å². The highest BCUT2D eigenvalue weighted by Crippen LogP contribution is 2.42. The van der Waals surface area contributed by atoms with Crippen molar-refractivity contribution < 1.29 is 14.2 Å². The van der Waals surface area contributed by atoms with Gasteiger partial charge < -0.3 is 19.5 Å². The minimum Gasteiger partial charge on any atom is -0.493 e. The third-order valence-corrected chi connectivity index (χ3v) is 4.37. The molecule has 0 spiro atoms.